The summed E-state index contributed by atoms with van der Waals surface area (Å²) in [6, 6.07) is 14.7. The van der Waals surface area contributed by atoms with E-state index >= 15 is 0 Å². The van der Waals surface area contributed by atoms with Gasteiger partial charge in [-0.05, 0) is 26.0 Å². The van der Waals surface area contributed by atoms with Crippen LogP contribution in [0.15, 0.2) is 53.9 Å². The Hall–Kier alpha value is -3.92. The average molecular weight is 477 g/mol. The van der Waals surface area contributed by atoms with Crippen molar-refractivity contribution < 1.29 is 28.5 Å². The van der Waals surface area contributed by atoms with E-state index in [9.17, 15) is 15.6 Å². The maximum Gasteiger partial charge on any atom is 0.508 e. The molecule has 5 rings (SSSR count). The fraction of sp³-hybridized carbons (Fsp3) is 0.391. The minimum atomic E-state index is -1.68. The van der Waals surface area contributed by atoms with E-state index in [1.165, 1.54) is 10.8 Å². The van der Waals surface area contributed by atoms with Gasteiger partial charge in [0.15, 0.2) is 12.1 Å². The minimum Gasteiger partial charge on any atom is -0.705 e. The number of benzene rings is 1. The van der Waals surface area contributed by atoms with Crippen molar-refractivity contribution in [2.75, 3.05) is 6.61 Å². The van der Waals surface area contributed by atoms with Gasteiger partial charge in [-0.3, -0.25) is 0 Å². The number of nitriles is 1. The van der Waals surface area contributed by atoms with Crippen molar-refractivity contribution in [2.24, 2.45) is 5.11 Å². The molecule has 0 radical (unpaired) electrons. The van der Waals surface area contributed by atoms with E-state index in [2.05, 4.69) is 21.3 Å². The molecule has 2 aliphatic heterocycles. The molecule has 2 aliphatic rings. The third-order valence-electron chi connectivity index (χ3n) is 5.80. The highest BCUT2D eigenvalue weighted by Gasteiger charge is 2.64. The molecule has 12 nitrogen and oxygen atoms in total. The molecule has 2 aromatic heterocycles. The van der Waals surface area contributed by atoms with Gasteiger partial charge in [0.2, 0.25) is 5.60 Å². The molecule has 0 spiro atoms. The van der Waals surface area contributed by atoms with E-state index in [0.717, 1.165) is 5.56 Å². The molecule has 0 amide bonds. The zero-order chi connectivity index (χ0) is 24.6. The van der Waals surface area contributed by atoms with Crippen molar-refractivity contribution in [3.05, 3.63) is 65.6 Å². The van der Waals surface area contributed by atoms with Crippen molar-refractivity contribution in [3.63, 3.8) is 0 Å². The van der Waals surface area contributed by atoms with Crippen molar-refractivity contribution >= 4 is 17.5 Å². The summed E-state index contributed by atoms with van der Waals surface area (Å²) >= 11 is 0. The summed E-state index contributed by atoms with van der Waals surface area (Å²) in [7, 11) is 0. The molecular weight excluding hydrogens is 456 g/mol. The smallest absolute Gasteiger partial charge is 0.508 e. The highest BCUT2D eigenvalue weighted by Crippen LogP contribution is 2.50. The van der Waals surface area contributed by atoms with Crippen LogP contribution < -0.4 is 0 Å². The molecule has 0 aliphatic carbocycles. The summed E-state index contributed by atoms with van der Waals surface area (Å²) in [6.45, 7) is 3.18. The number of nitrogens with zero attached hydrogens (tertiary/aromatic N) is 6. The number of hydrogen-bond acceptors (Lipinski definition) is 10. The second-order valence-corrected chi connectivity index (χ2v) is 8.33. The van der Waals surface area contributed by atoms with Crippen LogP contribution in [-0.4, -0.2) is 51.8 Å². The first-order valence-electron chi connectivity index (χ1n) is 10.9. The Morgan fingerprint density at radius 1 is 1.29 bits per heavy atom. The van der Waals surface area contributed by atoms with Gasteiger partial charge in [-0.25, -0.2) is 14.3 Å². The van der Waals surface area contributed by atoms with Gasteiger partial charge < -0.3 is 34.3 Å². The normalized spacial score (nSPS) is 27.5. The molecule has 1 aromatic carbocycles. The minimum absolute atomic E-state index is 0.0240. The third-order valence-corrected chi connectivity index (χ3v) is 5.80. The Kier molecular flexibility index (Phi) is 5.89. The number of carbonyl (C=O) groups excluding carboxylic acids is 1. The summed E-state index contributed by atoms with van der Waals surface area (Å²) in [5, 5.41) is 17.8. The molecule has 12 heteroatoms. The van der Waals surface area contributed by atoms with E-state index in [0.29, 0.717) is 11.2 Å². The summed E-state index contributed by atoms with van der Waals surface area (Å²) in [6.07, 6.45) is -3.27. The Morgan fingerprint density at radius 3 is 2.80 bits per heavy atom. The van der Waals surface area contributed by atoms with Crippen LogP contribution in [-0.2, 0) is 29.3 Å². The molecule has 3 aromatic rings. The second kappa shape index (κ2) is 9.03. The molecule has 180 valence electrons. The lowest BCUT2D eigenvalue weighted by Crippen LogP contribution is -2.39. The molecule has 0 saturated carbocycles. The van der Waals surface area contributed by atoms with E-state index in [4.69, 9.17) is 23.7 Å². The molecule has 0 N–H and O–H groups in total. The molecular formula is C23H21N6O6-. The zero-order valence-corrected chi connectivity index (χ0v) is 18.8. The number of rotatable bonds is 6. The predicted octanol–water partition coefficient (Wildman–Crippen LogP) is 3.54. The first kappa shape index (κ1) is 22.9. The van der Waals surface area contributed by atoms with Gasteiger partial charge >= 0.3 is 6.16 Å². The van der Waals surface area contributed by atoms with Gasteiger partial charge in [-0.1, -0.05) is 30.3 Å². The highest BCUT2D eigenvalue weighted by molar-refractivity contribution is 5.65. The number of fused-ring (bicyclic) bond motifs is 2. The number of aromatic nitrogens is 3. The van der Waals surface area contributed by atoms with Crippen LogP contribution in [0, 0.1) is 11.3 Å². The second-order valence-electron chi connectivity index (χ2n) is 8.33. The van der Waals surface area contributed by atoms with Crippen molar-refractivity contribution in [2.45, 2.75) is 50.2 Å². The van der Waals surface area contributed by atoms with Crippen LogP contribution in [0.2, 0.25) is 0 Å². The van der Waals surface area contributed by atoms with Gasteiger partial charge in [0.25, 0.3) is 0 Å². The zero-order valence-electron chi connectivity index (χ0n) is 18.8. The van der Waals surface area contributed by atoms with E-state index in [1.807, 2.05) is 30.3 Å². The monoisotopic (exact) mass is 477 g/mol. The molecule has 35 heavy (non-hydrogen) atoms. The fourth-order valence-electron chi connectivity index (χ4n) is 4.34. The van der Waals surface area contributed by atoms with Crippen LogP contribution in [0.5, 0.6) is 0 Å². The van der Waals surface area contributed by atoms with Crippen molar-refractivity contribution in [1.29, 1.82) is 5.26 Å². The first-order chi connectivity index (χ1) is 17.0. The standard InChI is InChI=1S/C23H21N6O6/c1-13(2)32-22(30)31-10-16-18-19(34-21(33-18)14-6-4-3-5-7-14)23(11-24,35-16)17-9-8-15-20(28-25)26-12-27-29(15)17/h3-9,12-13,16,18-19,21H,10H2,1-2H3/q-1/t16-,18-,19-,21?,23+/m1/s1. The molecule has 2 fully saturated rings. The van der Waals surface area contributed by atoms with Crippen LogP contribution in [0.3, 0.4) is 0 Å². The summed E-state index contributed by atoms with van der Waals surface area (Å²) in [5.41, 5.74) is 9.05. The number of carbonyl (C=O) groups is 1. The lowest BCUT2D eigenvalue weighted by molar-refractivity contribution is -0.162. The molecule has 0 bridgehead atoms. The maximum absolute atomic E-state index is 12.0. The van der Waals surface area contributed by atoms with Gasteiger partial charge in [0.1, 0.15) is 42.8 Å². The summed E-state index contributed by atoms with van der Waals surface area (Å²) in [5.74, 6) is 0.0240. The number of hydrogen-bond donors (Lipinski definition) is 0. The van der Waals surface area contributed by atoms with Crippen molar-refractivity contribution in [3.8, 4) is 6.07 Å². The molecule has 1 unspecified atom stereocenters. The average Bonchev–Trinajstić information content (AvgIpc) is 3.56. The lowest BCUT2D eigenvalue weighted by atomic mass is 9.92. The largest absolute Gasteiger partial charge is 0.705 e. The van der Waals surface area contributed by atoms with Gasteiger partial charge in [-0.2, -0.15) is 10.4 Å². The van der Waals surface area contributed by atoms with Crippen LogP contribution in [0.1, 0.15) is 31.4 Å². The summed E-state index contributed by atoms with van der Waals surface area (Å²) < 4.78 is 30.3. The Labute approximate surface area is 199 Å². The predicted molar refractivity (Wildman–Crippen MR) is 117 cm³/mol. The Bertz CT molecular complexity index is 1290. The van der Waals surface area contributed by atoms with Gasteiger partial charge in [0.05, 0.1) is 11.8 Å². The van der Waals surface area contributed by atoms with Crippen LogP contribution in [0.4, 0.5) is 10.6 Å². The Morgan fingerprint density at radius 2 is 2.09 bits per heavy atom. The lowest BCUT2D eigenvalue weighted by Gasteiger charge is -2.27. The van der Waals surface area contributed by atoms with Crippen molar-refractivity contribution in [1.82, 2.24) is 14.6 Å². The number of ether oxygens (including phenoxy) is 5. The quantitative estimate of drug-likeness (QED) is 0.383. The summed E-state index contributed by atoms with van der Waals surface area (Å²) in [4.78, 5) is 15.9. The highest BCUT2D eigenvalue weighted by atomic mass is 16.8. The van der Waals surface area contributed by atoms with Gasteiger partial charge in [0, 0.05) is 5.56 Å². The van der Waals surface area contributed by atoms with Gasteiger partial charge in [-0.15, -0.1) is 0 Å². The van der Waals surface area contributed by atoms with Crippen LogP contribution >= 0.6 is 0 Å². The Balaban J connectivity index is 1.53. The third kappa shape index (κ3) is 3.89. The molecule has 4 heterocycles. The van der Waals surface area contributed by atoms with Crippen LogP contribution in [0.25, 0.3) is 11.0 Å². The first-order valence-corrected chi connectivity index (χ1v) is 10.9. The maximum atomic E-state index is 12.0. The molecule has 5 atom stereocenters. The van der Waals surface area contributed by atoms with E-state index < -0.39 is 36.4 Å². The fourth-order valence-corrected chi connectivity index (χ4v) is 4.34. The van der Waals surface area contributed by atoms with E-state index in [-0.39, 0.29) is 18.5 Å². The topological polar surface area (TPSA) is 152 Å². The van der Waals surface area contributed by atoms with E-state index in [1.54, 1.807) is 26.0 Å². The molecule has 2 saturated heterocycles. The SMILES string of the molecule is CC(C)OC(=O)OC[C@H]1O[C@@](C#N)(c2ccc3c(N=[N-])ncnn23)[C@@H]2OC(c3ccccc3)O[C@@H]21.